The first-order chi connectivity index (χ1) is 20.1. The van der Waals surface area contributed by atoms with Crippen LogP contribution in [0.15, 0.2) is 109 Å². The fourth-order valence-electron chi connectivity index (χ4n) is 8.32. The van der Waals surface area contributed by atoms with Gasteiger partial charge in [0.25, 0.3) is 0 Å². The summed E-state index contributed by atoms with van der Waals surface area (Å²) < 4.78 is 7.52. The molecule has 0 atom stereocenters. The van der Waals surface area contributed by atoms with Gasteiger partial charge in [-0.05, 0) is 52.9 Å². The predicted molar refractivity (Wildman–Crippen MR) is 172 cm³/mol. The minimum atomic E-state index is -0.156. The van der Waals surface area contributed by atoms with E-state index in [0.29, 0.717) is 0 Å². The Morgan fingerprint density at radius 1 is 0.561 bits per heavy atom. The van der Waals surface area contributed by atoms with E-state index < -0.39 is 0 Å². The van der Waals surface area contributed by atoms with Crippen molar-refractivity contribution in [2.75, 3.05) is 0 Å². The first-order valence-electron chi connectivity index (χ1n) is 14.5. The van der Waals surface area contributed by atoms with Crippen LogP contribution in [0, 0.1) is 0 Å². The van der Waals surface area contributed by atoms with Gasteiger partial charge in [0.1, 0.15) is 5.65 Å². The lowest BCUT2D eigenvalue weighted by Crippen LogP contribution is -2.15. The van der Waals surface area contributed by atoms with Crippen LogP contribution >= 0.6 is 0 Å². The zero-order valence-corrected chi connectivity index (χ0v) is 23.2. The van der Waals surface area contributed by atoms with E-state index in [1.165, 1.54) is 88.1 Å². The molecule has 1 aliphatic rings. The number of hydrogen-bond acceptors (Lipinski definition) is 0. The molecule has 1 aliphatic carbocycles. The molecule has 0 radical (unpaired) electrons. The fraction of sp³-hybridized carbons (Fsp3) is 0.105. The number of aryl methyl sites for hydroxylation is 1. The summed E-state index contributed by atoms with van der Waals surface area (Å²) >= 11 is 0. The SMILES string of the molecule is Cn1c2cccc3c4c(n5c6c(ccc1c6c32)c1c2ccccc2n(-c2ccccc2)c15)-c1ccccc1C4(C)C. The van der Waals surface area contributed by atoms with Crippen molar-refractivity contribution in [3.8, 4) is 16.9 Å². The highest BCUT2D eigenvalue weighted by atomic mass is 15.1. The molecule has 0 spiro atoms. The van der Waals surface area contributed by atoms with Gasteiger partial charge in [-0.15, -0.1) is 0 Å². The Hall–Kier alpha value is -5.02. The molecule has 194 valence electrons. The van der Waals surface area contributed by atoms with Gasteiger partial charge in [-0.1, -0.05) is 86.6 Å². The topological polar surface area (TPSA) is 14.3 Å². The number of fused-ring (bicyclic) bond motifs is 10. The smallest absolute Gasteiger partial charge is 0.131 e. The second-order valence-corrected chi connectivity index (χ2v) is 12.2. The van der Waals surface area contributed by atoms with Crippen LogP contribution in [0.5, 0.6) is 0 Å². The lowest BCUT2D eigenvalue weighted by Gasteiger charge is -2.22. The van der Waals surface area contributed by atoms with E-state index in [-0.39, 0.29) is 5.41 Å². The number of aromatic nitrogens is 3. The van der Waals surface area contributed by atoms with Gasteiger partial charge in [0.2, 0.25) is 0 Å². The molecule has 0 amide bonds. The van der Waals surface area contributed by atoms with E-state index in [9.17, 15) is 0 Å². The molecular weight excluding hydrogens is 498 g/mol. The van der Waals surface area contributed by atoms with Crippen molar-refractivity contribution in [1.82, 2.24) is 13.5 Å². The molecule has 4 aromatic heterocycles. The summed E-state index contributed by atoms with van der Waals surface area (Å²) in [5.74, 6) is 0. The Kier molecular flexibility index (Phi) is 3.71. The Labute approximate surface area is 236 Å². The molecule has 0 saturated carbocycles. The molecular formula is C38H27N3. The van der Waals surface area contributed by atoms with E-state index >= 15 is 0 Å². The monoisotopic (exact) mass is 525 g/mol. The van der Waals surface area contributed by atoms with E-state index in [1.807, 2.05) is 0 Å². The first kappa shape index (κ1) is 21.8. The second-order valence-electron chi connectivity index (χ2n) is 12.2. The summed E-state index contributed by atoms with van der Waals surface area (Å²) in [6, 6.07) is 40.5. The van der Waals surface area contributed by atoms with Crippen LogP contribution < -0.4 is 0 Å². The van der Waals surface area contributed by atoms with Crippen molar-refractivity contribution in [2.24, 2.45) is 7.05 Å². The number of benzene rings is 5. The summed E-state index contributed by atoms with van der Waals surface area (Å²) in [4.78, 5) is 0. The summed E-state index contributed by atoms with van der Waals surface area (Å²) in [6.07, 6.45) is 0. The highest BCUT2D eigenvalue weighted by Crippen LogP contribution is 2.55. The van der Waals surface area contributed by atoms with E-state index in [2.05, 4.69) is 144 Å². The zero-order valence-electron chi connectivity index (χ0n) is 23.2. The van der Waals surface area contributed by atoms with Gasteiger partial charge in [-0.25, -0.2) is 0 Å². The van der Waals surface area contributed by atoms with Crippen molar-refractivity contribution in [2.45, 2.75) is 19.3 Å². The Bertz CT molecular complexity index is 2550. The Morgan fingerprint density at radius 3 is 2.15 bits per heavy atom. The lowest BCUT2D eigenvalue weighted by atomic mass is 9.81. The van der Waals surface area contributed by atoms with Crippen LogP contribution in [0.25, 0.3) is 77.0 Å². The van der Waals surface area contributed by atoms with Gasteiger partial charge in [-0.2, -0.15) is 0 Å². The summed E-state index contributed by atoms with van der Waals surface area (Å²) in [6.45, 7) is 4.82. The van der Waals surface area contributed by atoms with Crippen LogP contribution in [0.2, 0.25) is 0 Å². The van der Waals surface area contributed by atoms with Crippen molar-refractivity contribution in [3.63, 3.8) is 0 Å². The summed E-state index contributed by atoms with van der Waals surface area (Å²) in [7, 11) is 2.22. The average molecular weight is 526 g/mol. The highest BCUT2D eigenvalue weighted by molar-refractivity contribution is 6.33. The van der Waals surface area contributed by atoms with Crippen LogP contribution in [-0.2, 0) is 12.5 Å². The molecule has 3 heteroatoms. The molecule has 5 aromatic carbocycles. The third-order valence-electron chi connectivity index (χ3n) is 9.95. The molecule has 0 fully saturated rings. The van der Waals surface area contributed by atoms with Crippen molar-refractivity contribution in [3.05, 3.63) is 120 Å². The third kappa shape index (κ3) is 2.32. The number of hydrogen-bond donors (Lipinski definition) is 0. The van der Waals surface area contributed by atoms with Gasteiger partial charge in [0.15, 0.2) is 0 Å². The predicted octanol–water partition coefficient (Wildman–Crippen LogP) is 9.58. The van der Waals surface area contributed by atoms with Crippen LogP contribution in [0.4, 0.5) is 0 Å². The standard InChI is InChI=1S/C38H27N3/c1-38(2)27-17-9-7-14-23(27)36-34(38)25-16-11-19-29-32(25)33-30(39(29)3)21-20-26-31-24-15-8-10-18-28(24)40(22-12-5-4-6-13-22)37(31)41(36)35(26)33/h4-21H,1-3H3. The van der Waals surface area contributed by atoms with Crippen molar-refractivity contribution < 1.29 is 0 Å². The van der Waals surface area contributed by atoms with Crippen LogP contribution in [0.3, 0.4) is 0 Å². The summed E-state index contributed by atoms with van der Waals surface area (Å²) in [5, 5.41) is 8.03. The zero-order chi connectivity index (χ0) is 27.2. The highest BCUT2D eigenvalue weighted by Gasteiger charge is 2.40. The molecule has 4 heterocycles. The molecule has 9 aromatic rings. The number of nitrogens with zero attached hydrogens (tertiary/aromatic N) is 3. The maximum Gasteiger partial charge on any atom is 0.131 e. The molecule has 41 heavy (non-hydrogen) atoms. The Balaban J connectivity index is 1.65. The number of para-hydroxylation sites is 2. The molecule has 0 aliphatic heterocycles. The minimum Gasteiger partial charge on any atom is -0.344 e. The van der Waals surface area contributed by atoms with E-state index in [1.54, 1.807) is 0 Å². The fourth-order valence-corrected chi connectivity index (χ4v) is 8.32. The Morgan fingerprint density at radius 2 is 1.27 bits per heavy atom. The summed E-state index contributed by atoms with van der Waals surface area (Å²) in [5.41, 5.74) is 12.9. The van der Waals surface area contributed by atoms with Crippen molar-refractivity contribution >= 4 is 60.0 Å². The molecule has 0 N–H and O–H groups in total. The van der Waals surface area contributed by atoms with Gasteiger partial charge in [0, 0.05) is 56.2 Å². The average Bonchev–Trinajstić information content (AvgIpc) is 3.64. The van der Waals surface area contributed by atoms with Gasteiger partial charge >= 0.3 is 0 Å². The molecule has 0 bridgehead atoms. The van der Waals surface area contributed by atoms with Gasteiger partial charge in [0.05, 0.1) is 22.2 Å². The lowest BCUT2D eigenvalue weighted by molar-refractivity contribution is 0.665. The first-order valence-corrected chi connectivity index (χ1v) is 14.5. The molecule has 10 rings (SSSR count). The number of rotatable bonds is 1. The van der Waals surface area contributed by atoms with Crippen LogP contribution in [-0.4, -0.2) is 13.5 Å². The largest absolute Gasteiger partial charge is 0.344 e. The second kappa shape index (κ2) is 7.00. The molecule has 0 saturated heterocycles. The normalized spacial score (nSPS) is 14.4. The molecule has 3 nitrogen and oxygen atoms in total. The van der Waals surface area contributed by atoms with E-state index in [4.69, 9.17) is 0 Å². The molecule has 0 unspecified atom stereocenters. The minimum absolute atomic E-state index is 0.156. The van der Waals surface area contributed by atoms with Gasteiger partial charge in [-0.3, -0.25) is 8.97 Å². The quantitative estimate of drug-likeness (QED) is 0.203. The van der Waals surface area contributed by atoms with Crippen molar-refractivity contribution in [1.29, 1.82) is 0 Å². The van der Waals surface area contributed by atoms with Crippen LogP contribution in [0.1, 0.15) is 25.0 Å². The third-order valence-corrected chi connectivity index (χ3v) is 9.95. The van der Waals surface area contributed by atoms with Gasteiger partial charge < -0.3 is 4.57 Å². The van der Waals surface area contributed by atoms with E-state index in [0.717, 1.165) is 0 Å². The maximum absolute atomic E-state index is 2.64. The maximum atomic E-state index is 2.64.